The largest absolute Gasteiger partial charge is 0.461 e. The van der Waals surface area contributed by atoms with Crippen molar-refractivity contribution in [1.29, 1.82) is 0 Å². The highest BCUT2D eigenvalue weighted by Crippen LogP contribution is 2.46. The van der Waals surface area contributed by atoms with Crippen molar-refractivity contribution >= 4 is 11.6 Å². The number of hydrogen-bond donors (Lipinski definition) is 2. The number of hydrogen-bond acceptors (Lipinski definition) is 6. The average Bonchev–Trinajstić information content (AvgIpc) is 3.23. The van der Waals surface area contributed by atoms with E-state index in [4.69, 9.17) is 5.73 Å². The fraction of sp³-hybridized carbons (Fsp3) is 0.421. The minimum absolute atomic E-state index is 0.0727. The van der Waals surface area contributed by atoms with Crippen molar-refractivity contribution in [2.75, 3.05) is 6.61 Å². The second kappa shape index (κ2) is 8.04. The highest BCUT2D eigenvalue weighted by Gasteiger charge is 2.62. The number of aliphatic hydroxyl groups excluding tert-OH is 1. The molecule has 13 heteroatoms. The van der Waals surface area contributed by atoms with Crippen molar-refractivity contribution < 1.29 is 31.9 Å². The zero-order valence-corrected chi connectivity index (χ0v) is 16.9. The molecule has 0 fully saturated rings. The van der Waals surface area contributed by atoms with Crippen LogP contribution in [0, 0.1) is 12.8 Å². The van der Waals surface area contributed by atoms with Crippen molar-refractivity contribution in [1.82, 2.24) is 25.2 Å². The van der Waals surface area contributed by atoms with Gasteiger partial charge in [0.25, 0.3) is 0 Å². The molecule has 0 aliphatic heterocycles. The molecule has 0 aromatic carbocycles. The number of tetrazole rings is 1. The molecular weight excluding hydrogens is 439 g/mol. The number of halogens is 5. The molecule has 3 N–H and O–H groups in total. The predicted octanol–water partition coefficient (Wildman–Crippen LogP) is 2.25. The summed E-state index contributed by atoms with van der Waals surface area (Å²) in [6.07, 6.45) is -2.14. The van der Waals surface area contributed by atoms with Crippen LogP contribution in [-0.2, 0) is 16.1 Å². The second-order valence-corrected chi connectivity index (χ2v) is 7.61. The van der Waals surface area contributed by atoms with Gasteiger partial charge in [-0.25, -0.2) is 0 Å². The molecule has 1 aliphatic carbocycles. The number of carbonyl (C=O) groups excluding carboxylic acids is 1. The minimum atomic E-state index is -5.96. The lowest BCUT2D eigenvalue weighted by Gasteiger charge is -2.38. The van der Waals surface area contributed by atoms with Crippen LogP contribution in [0.2, 0.25) is 0 Å². The number of nitrogens with zero attached hydrogens (tertiary/aromatic N) is 5. The highest BCUT2D eigenvalue weighted by atomic mass is 19.4. The van der Waals surface area contributed by atoms with E-state index in [1.807, 2.05) is 0 Å². The third kappa shape index (κ3) is 3.87. The first kappa shape index (κ1) is 23.4. The van der Waals surface area contributed by atoms with Crippen LogP contribution in [0.25, 0.3) is 5.70 Å². The van der Waals surface area contributed by atoms with Crippen molar-refractivity contribution in [2.45, 2.75) is 37.8 Å². The van der Waals surface area contributed by atoms with Gasteiger partial charge < -0.3 is 10.8 Å². The molecule has 3 rings (SSSR count). The summed E-state index contributed by atoms with van der Waals surface area (Å²) in [6, 6.07) is 3.33. The summed E-state index contributed by atoms with van der Waals surface area (Å²) in [5.41, 5.74) is 4.90. The molecule has 2 atom stereocenters. The summed E-state index contributed by atoms with van der Waals surface area (Å²) in [5.74, 6) is -8.71. The maximum absolute atomic E-state index is 14.1. The van der Waals surface area contributed by atoms with E-state index in [9.17, 15) is 31.9 Å². The molecule has 2 heterocycles. The van der Waals surface area contributed by atoms with Crippen LogP contribution in [-0.4, -0.2) is 49.0 Å². The minimum Gasteiger partial charge on any atom is -0.396 e. The SMILES string of the molecule is Cc1ccc(C2([C@H](C)CO)C=C(n3nnnc3C(F)(F)C(F)(F)F)C=C(C(N)=O)C2)nc1. The maximum atomic E-state index is 14.1. The van der Waals surface area contributed by atoms with Crippen molar-refractivity contribution in [2.24, 2.45) is 11.7 Å². The first-order valence-corrected chi connectivity index (χ1v) is 9.34. The summed E-state index contributed by atoms with van der Waals surface area (Å²) in [4.78, 5) is 16.4. The zero-order valence-electron chi connectivity index (χ0n) is 16.9. The molecule has 0 saturated heterocycles. The van der Waals surface area contributed by atoms with Crippen LogP contribution in [0.1, 0.15) is 30.4 Å². The molecule has 172 valence electrons. The van der Waals surface area contributed by atoms with E-state index in [-0.39, 0.29) is 22.4 Å². The van der Waals surface area contributed by atoms with Crippen LogP contribution < -0.4 is 5.73 Å². The lowest BCUT2D eigenvalue weighted by molar-refractivity contribution is -0.293. The predicted molar refractivity (Wildman–Crippen MR) is 101 cm³/mol. The van der Waals surface area contributed by atoms with Gasteiger partial charge in [0.1, 0.15) is 0 Å². The normalized spacial score (nSPS) is 20.5. The van der Waals surface area contributed by atoms with E-state index in [1.165, 1.54) is 12.3 Å². The van der Waals surface area contributed by atoms with E-state index < -0.39 is 41.8 Å². The number of allylic oxidation sites excluding steroid dienone is 3. The standard InChI is InChI=1S/C19H19F5N6O2/c1-10-3-4-14(26-8-10)17(11(2)9-31)6-12(15(25)32)5-13(7-17)30-16(27-28-29-30)18(20,21)19(22,23)24/h3-5,7-8,11,31H,6,9H2,1-2H3,(H2,25,32)/t11-,17?/m1/s1. The summed E-state index contributed by atoms with van der Waals surface area (Å²) in [7, 11) is 0. The van der Waals surface area contributed by atoms with Gasteiger partial charge in [-0.05, 0) is 53.5 Å². The van der Waals surface area contributed by atoms with Crippen LogP contribution >= 0.6 is 0 Å². The molecule has 0 saturated carbocycles. The van der Waals surface area contributed by atoms with Gasteiger partial charge in [0.15, 0.2) is 0 Å². The van der Waals surface area contributed by atoms with Gasteiger partial charge in [0.05, 0.1) is 11.4 Å². The molecule has 1 aliphatic rings. The van der Waals surface area contributed by atoms with E-state index >= 15 is 0 Å². The van der Waals surface area contributed by atoms with Gasteiger partial charge in [0, 0.05) is 23.8 Å². The molecule has 32 heavy (non-hydrogen) atoms. The van der Waals surface area contributed by atoms with Crippen LogP contribution in [0.4, 0.5) is 22.0 Å². The molecule has 1 unspecified atom stereocenters. The Labute approximate surface area is 178 Å². The zero-order chi connectivity index (χ0) is 23.9. The van der Waals surface area contributed by atoms with Gasteiger partial charge in [-0.15, -0.1) is 5.10 Å². The van der Waals surface area contributed by atoms with Gasteiger partial charge in [0.2, 0.25) is 11.7 Å². The number of nitrogens with two attached hydrogens (primary N) is 1. The molecular formula is C19H19F5N6O2. The lowest BCUT2D eigenvalue weighted by atomic mass is 9.66. The van der Waals surface area contributed by atoms with Crippen molar-refractivity contribution in [3.05, 3.63) is 53.1 Å². The number of carbonyl (C=O) groups is 1. The quantitative estimate of drug-likeness (QED) is 0.641. The molecule has 0 spiro atoms. The van der Waals surface area contributed by atoms with E-state index in [1.54, 1.807) is 26.0 Å². The van der Waals surface area contributed by atoms with E-state index in [2.05, 4.69) is 20.5 Å². The second-order valence-electron chi connectivity index (χ2n) is 7.61. The topological polar surface area (TPSA) is 120 Å². The number of pyridine rings is 1. The number of primary amides is 1. The third-order valence-electron chi connectivity index (χ3n) is 5.42. The number of amides is 1. The van der Waals surface area contributed by atoms with Gasteiger partial charge in [-0.3, -0.25) is 9.78 Å². The first-order chi connectivity index (χ1) is 14.8. The Morgan fingerprint density at radius 3 is 2.53 bits per heavy atom. The number of aliphatic hydroxyl groups is 1. The van der Waals surface area contributed by atoms with E-state index in [0.717, 1.165) is 11.6 Å². The van der Waals surface area contributed by atoms with Crippen LogP contribution in [0.3, 0.4) is 0 Å². The fourth-order valence-electron chi connectivity index (χ4n) is 3.50. The molecule has 2 aromatic rings. The maximum Gasteiger partial charge on any atom is 0.461 e. The Morgan fingerprint density at radius 2 is 2.00 bits per heavy atom. The number of aromatic nitrogens is 5. The molecule has 1 amide bonds. The van der Waals surface area contributed by atoms with Crippen LogP contribution in [0.15, 0.2) is 36.1 Å². The summed E-state index contributed by atoms with van der Waals surface area (Å²) in [6.45, 7) is 2.99. The van der Waals surface area contributed by atoms with Crippen molar-refractivity contribution in [3.63, 3.8) is 0 Å². The monoisotopic (exact) mass is 458 g/mol. The Hall–Kier alpha value is -3.22. The fourth-order valence-corrected chi connectivity index (χ4v) is 3.50. The Bertz CT molecular complexity index is 1080. The Kier molecular flexibility index (Phi) is 5.89. The van der Waals surface area contributed by atoms with E-state index in [0.29, 0.717) is 5.69 Å². The van der Waals surface area contributed by atoms with Crippen LogP contribution in [0.5, 0.6) is 0 Å². The Morgan fingerprint density at radius 1 is 1.31 bits per heavy atom. The summed E-state index contributed by atoms with van der Waals surface area (Å²) in [5, 5.41) is 19.0. The molecule has 0 radical (unpaired) electrons. The highest BCUT2D eigenvalue weighted by molar-refractivity contribution is 5.95. The average molecular weight is 458 g/mol. The third-order valence-corrected chi connectivity index (χ3v) is 5.42. The summed E-state index contributed by atoms with van der Waals surface area (Å²) < 4.78 is 67.3. The van der Waals surface area contributed by atoms with Gasteiger partial charge in [-0.1, -0.05) is 13.0 Å². The number of aryl methyl sites for hydroxylation is 1. The lowest BCUT2D eigenvalue weighted by Crippen LogP contribution is -2.40. The van der Waals surface area contributed by atoms with Gasteiger partial charge >= 0.3 is 12.1 Å². The number of rotatable bonds is 6. The van der Waals surface area contributed by atoms with Gasteiger partial charge in [-0.2, -0.15) is 26.6 Å². The first-order valence-electron chi connectivity index (χ1n) is 9.34. The Balaban J connectivity index is 2.28. The summed E-state index contributed by atoms with van der Waals surface area (Å²) >= 11 is 0. The number of alkyl halides is 5. The smallest absolute Gasteiger partial charge is 0.396 e. The molecule has 2 aromatic heterocycles. The molecule has 8 nitrogen and oxygen atoms in total. The molecule has 0 bridgehead atoms. The van der Waals surface area contributed by atoms with Crippen molar-refractivity contribution in [3.8, 4) is 0 Å².